The van der Waals surface area contributed by atoms with E-state index in [1.807, 2.05) is 26.0 Å². The van der Waals surface area contributed by atoms with Crippen LogP contribution >= 0.6 is 24.2 Å². The zero-order valence-electron chi connectivity index (χ0n) is 9.38. The Bertz CT molecular complexity index is 315. The minimum absolute atomic E-state index is 0.461. The number of hydrogen-bond acceptors (Lipinski definition) is 2. The summed E-state index contributed by atoms with van der Waals surface area (Å²) < 4.78 is 5.77. The molecule has 1 nitrogen and oxygen atoms in total. The molecule has 0 heterocycles. The quantitative estimate of drug-likeness (QED) is 0.791. The van der Waals surface area contributed by atoms with Crippen molar-refractivity contribution in [3.8, 4) is 5.75 Å². The van der Waals surface area contributed by atoms with E-state index in [1.165, 1.54) is 0 Å². The molecule has 0 spiro atoms. The van der Waals surface area contributed by atoms with Crippen molar-refractivity contribution in [2.45, 2.75) is 20.8 Å². The summed E-state index contributed by atoms with van der Waals surface area (Å²) in [5.41, 5.74) is 2.18. The van der Waals surface area contributed by atoms with Crippen LogP contribution in [0.2, 0.25) is 5.02 Å². The van der Waals surface area contributed by atoms with Gasteiger partial charge >= 0.3 is 0 Å². The molecule has 1 aromatic carbocycles. The Morgan fingerprint density at radius 3 is 2.33 bits per heavy atom. The number of ether oxygens (including phenoxy) is 1. The summed E-state index contributed by atoms with van der Waals surface area (Å²) in [7, 11) is 0. The minimum Gasteiger partial charge on any atom is -0.493 e. The number of aryl methyl sites for hydroxylation is 2. The zero-order chi connectivity index (χ0) is 11.4. The van der Waals surface area contributed by atoms with E-state index in [4.69, 9.17) is 16.3 Å². The highest BCUT2D eigenvalue weighted by atomic mass is 35.5. The smallest absolute Gasteiger partial charge is 0.125 e. The van der Waals surface area contributed by atoms with Gasteiger partial charge in [-0.05, 0) is 48.8 Å². The van der Waals surface area contributed by atoms with Gasteiger partial charge in [0.25, 0.3) is 0 Å². The molecular formula is C12H17ClOS. The molecule has 3 heteroatoms. The van der Waals surface area contributed by atoms with Crippen molar-refractivity contribution in [2.24, 2.45) is 5.92 Å². The number of thiol groups is 1. The van der Waals surface area contributed by atoms with Gasteiger partial charge in [0.05, 0.1) is 6.61 Å². The Hall–Kier alpha value is -0.340. The molecule has 1 rings (SSSR count). The van der Waals surface area contributed by atoms with Gasteiger partial charge < -0.3 is 4.74 Å². The van der Waals surface area contributed by atoms with E-state index < -0.39 is 0 Å². The average Bonchev–Trinajstić information content (AvgIpc) is 2.15. The standard InChI is InChI=1S/C12H17ClOS/c1-8(7-15)6-14-12-9(2)4-11(13)5-10(12)3/h4-5,8,15H,6-7H2,1-3H3. The van der Waals surface area contributed by atoms with Crippen LogP contribution < -0.4 is 4.74 Å². The first-order valence-corrected chi connectivity index (χ1v) is 6.06. The summed E-state index contributed by atoms with van der Waals surface area (Å²) in [6.07, 6.45) is 0. The number of hydrogen-bond donors (Lipinski definition) is 1. The Morgan fingerprint density at radius 1 is 1.33 bits per heavy atom. The molecule has 0 saturated carbocycles. The predicted octanol–water partition coefficient (Wildman–Crippen LogP) is 3.90. The lowest BCUT2D eigenvalue weighted by molar-refractivity contribution is 0.270. The van der Waals surface area contributed by atoms with Crippen LogP contribution in [-0.4, -0.2) is 12.4 Å². The van der Waals surface area contributed by atoms with Crippen LogP contribution in [0.4, 0.5) is 0 Å². The summed E-state index contributed by atoms with van der Waals surface area (Å²) in [6, 6.07) is 3.85. The fourth-order valence-electron chi connectivity index (χ4n) is 1.40. The van der Waals surface area contributed by atoms with Gasteiger partial charge in [-0.15, -0.1) is 0 Å². The van der Waals surface area contributed by atoms with Crippen molar-refractivity contribution >= 4 is 24.2 Å². The van der Waals surface area contributed by atoms with Gasteiger partial charge in [0.15, 0.2) is 0 Å². The summed E-state index contributed by atoms with van der Waals surface area (Å²) >= 11 is 10.2. The zero-order valence-corrected chi connectivity index (χ0v) is 11.0. The lowest BCUT2D eigenvalue weighted by Gasteiger charge is -2.15. The summed E-state index contributed by atoms with van der Waals surface area (Å²) in [6.45, 7) is 6.85. The Kier molecular flexibility index (Phi) is 4.81. The normalized spacial score (nSPS) is 12.6. The van der Waals surface area contributed by atoms with Gasteiger partial charge in [-0.3, -0.25) is 0 Å². The first kappa shape index (κ1) is 12.7. The highest BCUT2D eigenvalue weighted by molar-refractivity contribution is 7.80. The van der Waals surface area contributed by atoms with Crippen LogP contribution in [0, 0.1) is 19.8 Å². The van der Waals surface area contributed by atoms with Gasteiger partial charge in [0, 0.05) is 5.02 Å². The van der Waals surface area contributed by atoms with E-state index in [0.717, 1.165) is 27.7 Å². The maximum absolute atomic E-state index is 5.94. The van der Waals surface area contributed by atoms with Crippen molar-refractivity contribution in [3.05, 3.63) is 28.3 Å². The highest BCUT2D eigenvalue weighted by Crippen LogP contribution is 2.27. The number of benzene rings is 1. The van der Waals surface area contributed by atoms with Gasteiger partial charge in [-0.1, -0.05) is 18.5 Å². The largest absolute Gasteiger partial charge is 0.493 e. The molecule has 0 aliphatic heterocycles. The molecule has 0 bridgehead atoms. The van der Waals surface area contributed by atoms with E-state index in [0.29, 0.717) is 12.5 Å². The summed E-state index contributed by atoms with van der Waals surface area (Å²) in [5.74, 6) is 2.25. The monoisotopic (exact) mass is 244 g/mol. The Morgan fingerprint density at radius 2 is 1.87 bits per heavy atom. The SMILES string of the molecule is Cc1cc(Cl)cc(C)c1OCC(C)CS. The number of halogens is 1. The second kappa shape index (κ2) is 5.66. The van der Waals surface area contributed by atoms with Crippen LogP contribution in [0.5, 0.6) is 5.75 Å². The molecule has 1 aromatic rings. The lowest BCUT2D eigenvalue weighted by Crippen LogP contribution is -2.11. The first-order chi connectivity index (χ1) is 7.04. The van der Waals surface area contributed by atoms with E-state index in [2.05, 4.69) is 19.6 Å². The van der Waals surface area contributed by atoms with Crippen LogP contribution in [0.15, 0.2) is 12.1 Å². The van der Waals surface area contributed by atoms with Crippen LogP contribution in [0.25, 0.3) is 0 Å². The lowest BCUT2D eigenvalue weighted by atomic mass is 10.1. The van der Waals surface area contributed by atoms with Gasteiger partial charge in [0.1, 0.15) is 5.75 Å². The molecule has 0 N–H and O–H groups in total. The molecule has 1 atom stereocenters. The third kappa shape index (κ3) is 3.62. The summed E-state index contributed by atoms with van der Waals surface area (Å²) in [4.78, 5) is 0. The second-order valence-corrected chi connectivity index (χ2v) is 4.77. The molecular weight excluding hydrogens is 228 g/mol. The van der Waals surface area contributed by atoms with Crippen molar-refractivity contribution < 1.29 is 4.74 Å². The topological polar surface area (TPSA) is 9.23 Å². The van der Waals surface area contributed by atoms with E-state index >= 15 is 0 Å². The fraction of sp³-hybridized carbons (Fsp3) is 0.500. The van der Waals surface area contributed by atoms with E-state index in [9.17, 15) is 0 Å². The molecule has 1 unspecified atom stereocenters. The highest BCUT2D eigenvalue weighted by Gasteiger charge is 2.07. The molecule has 0 amide bonds. The maximum Gasteiger partial charge on any atom is 0.125 e. The molecule has 0 saturated heterocycles. The molecule has 0 aliphatic rings. The maximum atomic E-state index is 5.94. The average molecular weight is 245 g/mol. The predicted molar refractivity (Wildman–Crippen MR) is 69.4 cm³/mol. The fourth-order valence-corrected chi connectivity index (χ4v) is 1.84. The second-order valence-electron chi connectivity index (χ2n) is 3.97. The van der Waals surface area contributed by atoms with Gasteiger partial charge in [0.2, 0.25) is 0 Å². The van der Waals surface area contributed by atoms with Crippen molar-refractivity contribution in [2.75, 3.05) is 12.4 Å². The molecule has 0 fully saturated rings. The van der Waals surface area contributed by atoms with Crippen molar-refractivity contribution in [1.82, 2.24) is 0 Å². The van der Waals surface area contributed by atoms with Crippen molar-refractivity contribution in [1.29, 1.82) is 0 Å². The molecule has 0 aliphatic carbocycles. The van der Waals surface area contributed by atoms with Gasteiger partial charge in [-0.25, -0.2) is 0 Å². The Balaban J connectivity index is 2.77. The molecule has 0 radical (unpaired) electrons. The first-order valence-electron chi connectivity index (χ1n) is 5.05. The van der Waals surface area contributed by atoms with E-state index in [1.54, 1.807) is 0 Å². The summed E-state index contributed by atoms with van der Waals surface area (Å²) in [5, 5.41) is 0.764. The minimum atomic E-state index is 0.461. The van der Waals surface area contributed by atoms with Crippen LogP contribution in [0.3, 0.4) is 0 Å². The van der Waals surface area contributed by atoms with Crippen LogP contribution in [-0.2, 0) is 0 Å². The van der Waals surface area contributed by atoms with E-state index in [-0.39, 0.29) is 0 Å². The molecule has 84 valence electrons. The van der Waals surface area contributed by atoms with Crippen molar-refractivity contribution in [3.63, 3.8) is 0 Å². The van der Waals surface area contributed by atoms with Crippen LogP contribution in [0.1, 0.15) is 18.1 Å². The molecule has 0 aromatic heterocycles. The molecule has 15 heavy (non-hydrogen) atoms. The number of rotatable bonds is 4. The Labute approximate surface area is 102 Å². The third-order valence-electron chi connectivity index (χ3n) is 2.25. The van der Waals surface area contributed by atoms with Gasteiger partial charge in [-0.2, -0.15) is 12.6 Å². The third-order valence-corrected chi connectivity index (χ3v) is 3.09.